The minimum absolute atomic E-state index is 0.214. The SMILES string of the molecule is CCCCOc1c(Br)cc(C2C(C(=O)Nc3cccc(C)c3)=C(C)Nc3nc(SCC)nn32)cc1OCC. The highest BCUT2D eigenvalue weighted by Gasteiger charge is 2.35. The smallest absolute Gasteiger partial charge is 0.255 e. The molecule has 2 aromatic carbocycles. The number of thioether (sulfide) groups is 1. The number of hydrogen-bond donors (Lipinski definition) is 2. The van der Waals surface area contributed by atoms with Crippen LogP contribution in [0.25, 0.3) is 0 Å². The second-order valence-corrected chi connectivity index (χ2v) is 11.0. The summed E-state index contributed by atoms with van der Waals surface area (Å²) in [5, 5.41) is 11.8. The number of carbonyl (C=O) groups excluding carboxylic acids is 1. The fourth-order valence-electron chi connectivity index (χ4n) is 4.31. The molecule has 2 N–H and O–H groups in total. The molecule has 0 saturated heterocycles. The van der Waals surface area contributed by atoms with E-state index in [9.17, 15) is 4.79 Å². The van der Waals surface area contributed by atoms with Crippen molar-refractivity contribution in [3.63, 3.8) is 0 Å². The highest BCUT2D eigenvalue weighted by atomic mass is 79.9. The lowest BCUT2D eigenvalue weighted by atomic mass is 9.94. The number of halogens is 1. The van der Waals surface area contributed by atoms with Gasteiger partial charge in [0.2, 0.25) is 11.1 Å². The molecular formula is C28H34BrN5O3S. The second kappa shape index (κ2) is 12.7. The van der Waals surface area contributed by atoms with Crippen LogP contribution in [0.2, 0.25) is 0 Å². The lowest BCUT2D eigenvalue weighted by Gasteiger charge is -2.29. The van der Waals surface area contributed by atoms with Gasteiger partial charge in [-0.2, -0.15) is 4.98 Å². The predicted molar refractivity (Wildman–Crippen MR) is 156 cm³/mol. The number of nitrogens with zero attached hydrogens (tertiary/aromatic N) is 3. The predicted octanol–water partition coefficient (Wildman–Crippen LogP) is 6.97. The summed E-state index contributed by atoms with van der Waals surface area (Å²) in [7, 11) is 0. The Morgan fingerprint density at radius 3 is 2.71 bits per heavy atom. The van der Waals surface area contributed by atoms with Crippen LogP contribution < -0.4 is 20.1 Å². The molecule has 2 heterocycles. The summed E-state index contributed by atoms with van der Waals surface area (Å²) in [5.41, 5.74) is 3.89. The Morgan fingerprint density at radius 1 is 1.18 bits per heavy atom. The number of ether oxygens (including phenoxy) is 2. The van der Waals surface area contributed by atoms with Crippen LogP contribution in [0, 0.1) is 6.92 Å². The molecule has 1 unspecified atom stereocenters. The van der Waals surface area contributed by atoms with E-state index in [1.807, 2.05) is 57.2 Å². The Kier molecular flexibility index (Phi) is 9.38. The van der Waals surface area contributed by atoms with Gasteiger partial charge in [0.25, 0.3) is 5.91 Å². The molecule has 0 radical (unpaired) electrons. The maximum Gasteiger partial charge on any atom is 0.255 e. The summed E-state index contributed by atoms with van der Waals surface area (Å²) in [5.74, 6) is 2.49. The van der Waals surface area contributed by atoms with E-state index in [0.717, 1.165) is 39.9 Å². The van der Waals surface area contributed by atoms with Crippen LogP contribution in [-0.4, -0.2) is 39.6 Å². The number of carbonyl (C=O) groups is 1. The highest BCUT2D eigenvalue weighted by Crippen LogP contribution is 2.43. The van der Waals surface area contributed by atoms with Gasteiger partial charge < -0.3 is 20.1 Å². The maximum atomic E-state index is 13.8. The normalized spacial score (nSPS) is 14.6. The lowest BCUT2D eigenvalue weighted by Crippen LogP contribution is -2.31. The fourth-order valence-corrected chi connectivity index (χ4v) is 5.44. The van der Waals surface area contributed by atoms with E-state index < -0.39 is 6.04 Å². The molecule has 202 valence electrons. The number of hydrogen-bond acceptors (Lipinski definition) is 7. The fraction of sp³-hybridized carbons (Fsp3) is 0.393. The summed E-state index contributed by atoms with van der Waals surface area (Å²) in [4.78, 5) is 18.5. The van der Waals surface area contributed by atoms with Gasteiger partial charge in [-0.25, -0.2) is 4.68 Å². The Labute approximate surface area is 236 Å². The standard InChI is InChI=1S/C28H34BrN5O3S/c1-6-9-13-37-25-21(29)15-19(16-22(25)36-7-2)24-23(26(35)31-20-12-10-11-17(4)14-20)18(5)30-27-32-28(38-8-3)33-34(24)27/h10-12,14-16,24H,6-9,13H2,1-5H3,(H,31,35)(H,30,32,33). The molecule has 0 spiro atoms. The van der Waals surface area contributed by atoms with Crippen LogP contribution in [0.1, 0.15) is 57.7 Å². The van der Waals surface area contributed by atoms with E-state index in [2.05, 4.69) is 45.4 Å². The van der Waals surface area contributed by atoms with Gasteiger partial charge in [-0.15, -0.1) is 5.10 Å². The molecular weight excluding hydrogens is 566 g/mol. The summed E-state index contributed by atoms with van der Waals surface area (Å²) in [6, 6.07) is 11.1. The molecule has 1 amide bonds. The number of unbranched alkanes of at least 4 members (excludes halogenated alkanes) is 1. The summed E-state index contributed by atoms with van der Waals surface area (Å²) in [6.07, 6.45) is 1.98. The number of rotatable bonds is 11. The molecule has 3 aromatic rings. The first-order valence-electron chi connectivity index (χ1n) is 12.9. The minimum Gasteiger partial charge on any atom is -0.490 e. The molecule has 38 heavy (non-hydrogen) atoms. The molecule has 1 atom stereocenters. The van der Waals surface area contributed by atoms with Crippen LogP contribution in [-0.2, 0) is 4.79 Å². The molecule has 0 bridgehead atoms. The maximum absolute atomic E-state index is 13.8. The van der Waals surface area contributed by atoms with Crippen molar-refractivity contribution in [1.29, 1.82) is 0 Å². The number of fused-ring (bicyclic) bond motifs is 1. The minimum atomic E-state index is -0.532. The van der Waals surface area contributed by atoms with Gasteiger partial charge >= 0.3 is 0 Å². The van der Waals surface area contributed by atoms with Crippen molar-refractivity contribution >= 4 is 45.2 Å². The number of aromatic nitrogens is 3. The summed E-state index contributed by atoms with van der Waals surface area (Å²) in [6.45, 7) is 11.1. The Bertz CT molecular complexity index is 1340. The number of benzene rings is 2. The van der Waals surface area contributed by atoms with Crippen LogP contribution in [0.5, 0.6) is 11.5 Å². The van der Waals surface area contributed by atoms with Gasteiger partial charge in [-0.3, -0.25) is 4.79 Å². The highest BCUT2D eigenvalue weighted by molar-refractivity contribution is 9.10. The van der Waals surface area contributed by atoms with Crippen LogP contribution in [0.3, 0.4) is 0 Å². The van der Waals surface area contributed by atoms with Crippen LogP contribution in [0.4, 0.5) is 11.6 Å². The second-order valence-electron chi connectivity index (χ2n) is 8.95. The summed E-state index contributed by atoms with van der Waals surface area (Å²) >= 11 is 5.26. The van der Waals surface area contributed by atoms with Gasteiger partial charge in [0.1, 0.15) is 6.04 Å². The monoisotopic (exact) mass is 599 g/mol. The molecule has 0 fully saturated rings. The lowest BCUT2D eigenvalue weighted by molar-refractivity contribution is -0.113. The molecule has 1 aliphatic rings. The zero-order valence-electron chi connectivity index (χ0n) is 22.4. The van der Waals surface area contributed by atoms with Crippen molar-refractivity contribution < 1.29 is 14.3 Å². The van der Waals surface area contributed by atoms with Gasteiger partial charge in [0, 0.05) is 11.4 Å². The average molecular weight is 601 g/mol. The number of nitrogens with one attached hydrogen (secondary N) is 2. The van der Waals surface area contributed by atoms with E-state index in [1.165, 1.54) is 0 Å². The molecule has 1 aliphatic heterocycles. The van der Waals surface area contributed by atoms with E-state index >= 15 is 0 Å². The third-order valence-electron chi connectivity index (χ3n) is 6.02. The summed E-state index contributed by atoms with van der Waals surface area (Å²) < 4.78 is 14.6. The van der Waals surface area contributed by atoms with Gasteiger partial charge in [-0.05, 0) is 84.3 Å². The first-order chi connectivity index (χ1) is 18.4. The van der Waals surface area contributed by atoms with E-state index in [1.54, 1.807) is 16.4 Å². The number of allylic oxidation sites excluding steroid dienone is 1. The molecule has 0 saturated carbocycles. The number of amides is 1. The zero-order valence-corrected chi connectivity index (χ0v) is 24.8. The van der Waals surface area contributed by atoms with Gasteiger partial charge in [-0.1, -0.05) is 44.2 Å². The Morgan fingerprint density at radius 2 is 2.00 bits per heavy atom. The Balaban J connectivity index is 1.81. The van der Waals surface area contributed by atoms with E-state index in [4.69, 9.17) is 14.6 Å². The van der Waals surface area contributed by atoms with Crippen molar-refractivity contribution in [2.45, 2.75) is 58.7 Å². The number of aryl methyl sites for hydroxylation is 1. The zero-order chi connectivity index (χ0) is 27.2. The van der Waals surface area contributed by atoms with Crippen LogP contribution in [0.15, 0.2) is 57.3 Å². The van der Waals surface area contributed by atoms with Gasteiger partial charge in [0.05, 0.1) is 23.3 Å². The van der Waals surface area contributed by atoms with Crippen molar-refractivity contribution in [3.8, 4) is 11.5 Å². The molecule has 1 aromatic heterocycles. The van der Waals surface area contributed by atoms with Crippen molar-refractivity contribution in [2.75, 3.05) is 29.6 Å². The van der Waals surface area contributed by atoms with Crippen molar-refractivity contribution in [2.24, 2.45) is 0 Å². The largest absolute Gasteiger partial charge is 0.490 e. The van der Waals surface area contributed by atoms with E-state index in [-0.39, 0.29) is 5.91 Å². The molecule has 4 rings (SSSR count). The average Bonchev–Trinajstić information content (AvgIpc) is 3.26. The van der Waals surface area contributed by atoms with Crippen LogP contribution >= 0.6 is 27.7 Å². The van der Waals surface area contributed by atoms with E-state index in [0.29, 0.717) is 47.1 Å². The molecule has 10 heteroatoms. The molecule has 8 nitrogen and oxygen atoms in total. The van der Waals surface area contributed by atoms with Gasteiger partial charge in [0.15, 0.2) is 11.5 Å². The third-order valence-corrected chi connectivity index (χ3v) is 7.33. The first kappa shape index (κ1) is 28.0. The Hall–Kier alpha value is -2.98. The van der Waals surface area contributed by atoms with Crippen molar-refractivity contribution in [1.82, 2.24) is 14.8 Å². The first-order valence-corrected chi connectivity index (χ1v) is 14.7. The van der Waals surface area contributed by atoms with Crippen molar-refractivity contribution in [3.05, 3.63) is 63.3 Å². The quantitative estimate of drug-likeness (QED) is 0.182. The topological polar surface area (TPSA) is 90.3 Å². The number of anilines is 2. The third kappa shape index (κ3) is 6.18. The molecule has 0 aliphatic carbocycles.